The van der Waals surface area contributed by atoms with E-state index in [4.69, 9.17) is 11.6 Å². The minimum absolute atomic E-state index is 0.148. The predicted octanol–water partition coefficient (Wildman–Crippen LogP) is 4.63. The molecule has 0 radical (unpaired) electrons. The van der Waals surface area contributed by atoms with Crippen molar-refractivity contribution in [2.45, 2.75) is 63.7 Å². The third kappa shape index (κ3) is 9.29. The van der Waals surface area contributed by atoms with E-state index in [0.29, 0.717) is 17.9 Å². The van der Waals surface area contributed by atoms with Crippen LogP contribution in [0.2, 0.25) is 5.02 Å². The number of halogens is 1. The van der Waals surface area contributed by atoms with Crippen molar-refractivity contribution in [1.82, 2.24) is 5.32 Å². The zero-order chi connectivity index (χ0) is 20.2. The third-order valence-electron chi connectivity index (χ3n) is 4.11. The fourth-order valence-corrected chi connectivity index (χ4v) is 4.36. The fraction of sp³-hybridized carbons (Fsp3) is 0.550. The monoisotopic (exact) mass is 413 g/mol. The molecule has 1 rings (SSSR count). The molecule has 0 saturated carbocycles. The molecule has 27 heavy (non-hydrogen) atoms. The normalized spacial score (nSPS) is 13.0. The fourth-order valence-electron chi connectivity index (χ4n) is 2.69. The second kappa shape index (κ2) is 12.8. The highest BCUT2D eigenvalue weighted by atomic mass is 35.5. The zero-order valence-electron chi connectivity index (χ0n) is 15.9. The lowest BCUT2D eigenvalue weighted by Gasteiger charge is -2.20. The average Bonchev–Trinajstić information content (AvgIpc) is 2.61. The molecule has 150 valence electrons. The van der Waals surface area contributed by atoms with E-state index in [1.165, 1.54) is 18.7 Å². The first-order valence-electron chi connectivity index (χ1n) is 9.22. The van der Waals surface area contributed by atoms with E-state index in [-0.39, 0.29) is 16.8 Å². The lowest BCUT2D eigenvalue weighted by Crippen LogP contribution is -2.41. The van der Waals surface area contributed by atoms with Gasteiger partial charge in [0.15, 0.2) is 0 Å². The van der Waals surface area contributed by atoms with Gasteiger partial charge in [-0.05, 0) is 18.1 Å². The zero-order valence-corrected chi connectivity index (χ0v) is 17.4. The molecule has 0 bridgehead atoms. The van der Waals surface area contributed by atoms with Crippen LogP contribution in [-0.4, -0.2) is 34.6 Å². The molecule has 0 spiro atoms. The summed E-state index contributed by atoms with van der Waals surface area (Å²) >= 11 is 7.64. The van der Waals surface area contributed by atoms with Gasteiger partial charge in [0.1, 0.15) is 11.8 Å². The number of carboxylic acid groups (broad SMARTS) is 1. The lowest BCUT2D eigenvalue weighted by atomic mass is 10.0. The van der Waals surface area contributed by atoms with Gasteiger partial charge < -0.3 is 10.4 Å². The summed E-state index contributed by atoms with van der Waals surface area (Å²) in [4.78, 5) is 35.0. The molecule has 2 atom stereocenters. The van der Waals surface area contributed by atoms with Crippen LogP contribution in [-0.2, 0) is 14.4 Å². The van der Waals surface area contributed by atoms with E-state index < -0.39 is 17.9 Å². The molecule has 0 aromatic heterocycles. The molecule has 1 aromatic rings. The number of nitrogens with one attached hydrogen (secondary N) is 1. The van der Waals surface area contributed by atoms with E-state index in [1.807, 2.05) is 18.2 Å². The summed E-state index contributed by atoms with van der Waals surface area (Å²) in [5.41, 5.74) is 0.818. The van der Waals surface area contributed by atoms with Crippen molar-refractivity contribution in [2.24, 2.45) is 0 Å². The van der Waals surface area contributed by atoms with Crippen molar-refractivity contribution < 1.29 is 19.5 Å². The molecule has 0 aliphatic rings. The highest BCUT2D eigenvalue weighted by Gasteiger charge is 2.24. The smallest absolute Gasteiger partial charge is 0.327 e. The van der Waals surface area contributed by atoms with Crippen LogP contribution in [0, 0.1) is 0 Å². The van der Waals surface area contributed by atoms with E-state index in [2.05, 4.69) is 12.2 Å². The van der Waals surface area contributed by atoms with Crippen molar-refractivity contribution in [1.29, 1.82) is 0 Å². The Morgan fingerprint density at radius 2 is 1.89 bits per heavy atom. The van der Waals surface area contributed by atoms with Gasteiger partial charge in [0.25, 0.3) is 0 Å². The lowest BCUT2D eigenvalue weighted by molar-refractivity contribution is -0.140. The summed E-state index contributed by atoms with van der Waals surface area (Å²) in [6.45, 7) is 3.41. The van der Waals surface area contributed by atoms with E-state index in [1.54, 1.807) is 6.07 Å². The number of thioether (sulfide) groups is 1. The number of rotatable bonds is 13. The number of amides is 1. The van der Waals surface area contributed by atoms with Gasteiger partial charge in [-0.2, -0.15) is 11.8 Å². The summed E-state index contributed by atoms with van der Waals surface area (Å²) in [6, 6.07) is 6.29. The molecular weight excluding hydrogens is 386 g/mol. The van der Waals surface area contributed by atoms with Gasteiger partial charge in [0.05, 0.1) is 0 Å². The Kier molecular flexibility index (Phi) is 11.1. The average molecular weight is 414 g/mol. The Hall–Kier alpha value is -1.53. The van der Waals surface area contributed by atoms with E-state index >= 15 is 0 Å². The molecule has 0 unspecified atom stereocenters. The Labute approximate surface area is 170 Å². The number of ketones is 1. The van der Waals surface area contributed by atoms with Crippen molar-refractivity contribution in [3.05, 3.63) is 34.9 Å². The Bertz CT molecular complexity index is 638. The number of hydrogen-bond acceptors (Lipinski definition) is 4. The van der Waals surface area contributed by atoms with E-state index in [9.17, 15) is 19.5 Å². The van der Waals surface area contributed by atoms with Crippen LogP contribution >= 0.6 is 23.4 Å². The van der Waals surface area contributed by atoms with Crippen molar-refractivity contribution >= 4 is 41.0 Å². The first-order valence-corrected chi connectivity index (χ1v) is 10.7. The number of benzene rings is 1. The predicted molar refractivity (Wildman–Crippen MR) is 110 cm³/mol. The number of hydrogen-bond donors (Lipinski definition) is 2. The van der Waals surface area contributed by atoms with Gasteiger partial charge in [-0.25, -0.2) is 4.79 Å². The number of unbranched alkanes of at least 4 members (excludes halogenated alkanes) is 3. The van der Waals surface area contributed by atoms with Gasteiger partial charge >= 0.3 is 5.97 Å². The molecule has 5 nitrogen and oxygen atoms in total. The van der Waals surface area contributed by atoms with Gasteiger partial charge in [-0.1, -0.05) is 56.0 Å². The largest absolute Gasteiger partial charge is 0.480 e. The summed E-state index contributed by atoms with van der Waals surface area (Å²) in [7, 11) is 0. The highest BCUT2D eigenvalue weighted by molar-refractivity contribution is 7.99. The van der Waals surface area contributed by atoms with Crippen molar-refractivity contribution in [3.63, 3.8) is 0 Å². The summed E-state index contributed by atoms with van der Waals surface area (Å²) in [6.07, 6.45) is 4.97. The number of carboxylic acids is 1. The Morgan fingerprint density at radius 1 is 1.19 bits per heavy atom. The number of Topliss-reactive ketones (excluding diaryl/α,β-unsaturated/α-hetero) is 1. The molecule has 7 heteroatoms. The van der Waals surface area contributed by atoms with Gasteiger partial charge in [-0.3, -0.25) is 9.59 Å². The van der Waals surface area contributed by atoms with Crippen molar-refractivity contribution in [3.8, 4) is 0 Å². The van der Waals surface area contributed by atoms with Crippen LogP contribution in [0.1, 0.15) is 63.2 Å². The van der Waals surface area contributed by atoms with Crippen LogP contribution in [0.5, 0.6) is 0 Å². The molecule has 1 aromatic carbocycles. The number of carbonyl (C=O) groups excluding carboxylic acids is 2. The van der Waals surface area contributed by atoms with E-state index in [0.717, 1.165) is 31.2 Å². The van der Waals surface area contributed by atoms with Crippen LogP contribution in [0.25, 0.3) is 0 Å². The van der Waals surface area contributed by atoms with Gasteiger partial charge in [0, 0.05) is 35.8 Å². The maximum atomic E-state index is 12.4. The first kappa shape index (κ1) is 23.5. The number of carbonyl (C=O) groups is 3. The molecule has 0 heterocycles. The maximum Gasteiger partial charge on any atom is 0.327 e. The Balaban J connectivity index is 2.79. The second-order valence-electron chi connectivity index (χ2n) is 6.49. The van der Waals surface area contributed by atoms with Gasteiger partial charge in [0.2, 0.25) is 5.91 Å². The highest BCUT2D eigenvalue weighted by Crippen LogP contribution is 2.37. The SMILES string of the molecule is CCCCCCC(=O)C[C@H](SC[C@@H](NC(C)=O)C(=O)O)c1ccccc1Cl. The van der Waals surface area contributed by atoms with Crippen LogP contribution in [0.3, 0.4) is 0 Å². The summed E-state index contributed by atoms with van der Waals surface area (Å²) < 4.78 is 0. The molecule has 0 aliphatic heterocycles. The summed E-state index contributed by atoms with van der Waals surface area (Å²) in [5.74, 6) is -1.19. The first-order chi connectivity index (χ1) is 12.8. The molecule has 0 saturated heterocycles. The third-order valence-corrected chi connectivity index (χ3v) is 5.81. The molecular formula is C20H28ClNO4S. The van der Waals surface area contributed by atoms with Crippen molar-refractivity contribution in [2.75, 3.05) is 5.75 Å². The van der Waals surface area contributed by atoms with Crippen LogP contribution < -0.4 is 5.32 Å². The quantitative estimate of drug-likeness (QED) is 0.460. The van der Waals surface area contributed by atoms with Crippen LogP contribution in [0.4, 0.5) is 0 Å². The van der Waals surface area contributed by atoms with Crippen LogP contribution in [0.15, 0.2) is 24.3 Å². The Morgan fingerprint density at radius 3 is 2.48 bits per heavy atom. The minimum atomic E-state index is -1.10. The molecule has 0 aliphatic carbocycles. The minimum Gasteiger partial charge on any atom is -0.480 e. The summed E-state index contributed by atoms with van der Waals surface area (Å²) in [5, 5.41) is 12.0. The second-order valence-corrected chi connectivity index (χ2v) is 8.13. The van der Waals surface area contributed by atoms with Gasteiger partial charge in [-0.15, -0.1) is 0 Å². The maximum absolute atomic E-state index is 12.4. The number of aliphatic carboxylic acids is 1. The standard InChI is InChI=1S/C20H28ClNO4S/c1-3-4-5-6-9-15(24)12-19(16-10-7-8-11-17(16)21)27-13-18(20(25)26)22-14(2)23/h7-8,10-11,18-19H,3-6,9,12-13H2,1-2H3,(H,22,23)(H,25,26)/t18-,19+/m1/s1. The topological polar surface area (TPSA) is 83.5 Å². The molecule has 2 N–H and O–H groups in total. The molecule has 0 fully saturated rings. The molecule has 1 amide bonds.